The number of likely N-dealkylation sites (N-methyl/N-ethyl adjacent to an activating group) is 1. The van der Waals surface area contributed by atoms with E-state index < -0.39 is 5.82 Å². The van der Waals surface area contributed by atoms with Gasteiger partial charge in [0.1, 0.15) is 5.82 Å². The van der Waals surface area contributed by atoms with Gasteiger partial charge in [0.2, 0.25) is 0 Å². The Morgan fingerprint density at radius 3 is 2.67 bits per heavy atom. The SMILES string of the molecule is CCCN(C)CC(=O)c1ccccc1F. The lowest BCUT2D eigenvalue weighted by Crippen LogP contribution is -2.27. The van der Waals surface area contributed by atoms with Crippen molar-refractivity contribution in [3.8, 4) is 0 Å². The molecule has 0 unspecified atom stereocenters. The molecule has 1 aromatic carbocycles. The molecule has 1 rings (SSSR count). The maximum absolute atomic E-state index is 13.2. The molecule has 0 heterocycles. The largest absolute Gasteiger partial charge is 0.299 e. The smallest absolute Gasteiger partial charge is 0.179 e. The van der Waals surface area contributed by atoms with Crippen molar-refractivity contribution in [2.45, 2.75) is 13.3 Å². The molecule has 2 nitrogen and oxygen atoms in total. The molecular formula is C12H16FNO. The Labute approximate surface area is 89.7 Å². The summed E-state index contributed by atoms with van der Waals surface area (Å²) in [6, 6.07) is 6.10. The van der Waals surface area contributed by atoms with Crippen molar-refractivity contribution in [1.29, 1.82) is 0 Å². The molecule has 82 valence electrons. The lowest BCUT2D eigenvalue weighted by atomic mass is 10.1. The summed E-state index contributed by atoms with van der Waals surface area (Å²) in [6.07, 6.45) is 0.987. The highest BCUT2D eigenvalue weighted by atomic mass is 19.1. The molecule has 0 aromatic heterocycles. The van der Waals surface area contributed by atoms with Crippen molar-refractivity contribution in [2.24, 2.45) is 0 Å². The zero-order chi connectivity index (χ0) is 11.3. The van der Waals surface area contributed by atoms with Crippen LogP contribution in [0, 0.1) is 5.82 Å². The van der Waals surface area contributed by atoms with Gasteiger partial charge in [-0.25, -0.2) is 4.39 Å². The summed E-state index contributed by atoms with van der Waals surface area (Å²) in [5.41, 5.74) is 0.181. The molecule has 0 aliphatic heterocycles. The molecular weight excluding hydrogens is 193 g/mol. The van der Waals surface area contributed by atoms with Crippen molar-refractivity contribution >= 4 is 5.78 Å². The zero-order valence-electron chi connectivity index (χ0n) is 9.16. The van der Waals surface area contributed by atoms with E-state index in [4.69, 9.17) is 0 Å². The first-order valence-corrected chi connectivity index (χ1v) is 5.11. The maximum atomic E-state index is 13.2. The van der Waals surface area contributed by atoms with Crippen LogP contribution in [0.3, 0.4) is 0 Å². The standard InChI is InChI=1S/C12H16FNO/c1-3-8-14(2)9-12(15)10-6-4-5-7-11(10)13/h4-7H,3,8-9H2,1-2H3. The number of ketones is 1. The lowest BCUT2D eigenvalue weighted by Gasteiger charge is -2.14. The Balaban J connectivity index is 2.65. The number of rotatable bonds is 5. The van der Waals surface area contributed by atoms with E-state index in [1.165, 1.54) is 12.1 Å². The van der Waals surface area contributed by atoms with Gasteiger partial charge in [-0.1, -0.05) is 19.1 Å². The van der Waals surface area contributed by atoms with Gasteiger partial charge in [0.25, 0.3) is 0 Å². The van der Waals surface area contributed by atoms with Gasteiger partial charge in [-0.3, -0.25) is 9.69 Å². The fourth-order valence-corrected chi connectivity index (χ4v) is 1.48. The van der Waals surface area contributed by atoms with E-state index in [0.717, 1.165) is 13.0 Å². The summed E-state index contributed by atoms with van der Waals surface area (Å²) in [5, 5.41) is 0. The van der Waals surface area contributed by atoms with Crippen LogP contribution in [0.4, 0.5) is 4.39 Å². The highest BCUT2D eigenvalue weighted by Gasteiger charge is 2.12. The molecule has 0 amide bonds. The first-order chi connectivity index (χ1) is 7.15. The molecule has 0 fully saturated rings. The second-order valence-electron chi connectivity index (χ2n) is 3.64. The van der Waals surface area contributed by atoms with Crippen molar-refractivity contribution < 1.29 is 9.18 Å². The van der Waals surface area contributed by atoms with Crippen LogP contribution in [0.15, 0.2) is 24.3 Å². The van der Waals surface area contributed by atoms with Crippen LogP contribution in [-0.4, -0.2) is 30.8 Å². The molecule has 0 aliphatic carbocycles. The summed E-state index contributed by atoms with van der Waals surface area (Å²) in [4.78, 5) is 13.6. The number of Topliss-reactive ketones (excluding diaryl/α,β-unsaturated/α-hetero) is 1. The van der Waals surface area contributed by atoms with E-state index in [1.807, 2.05) is 18.9 Å². The highest BCUT2D eigenvalue weighted by Crippen LogP contribution is 2.07. The van der Waals surface area contributed by atoms with E-state index in [-0.39, 0.29) is 17.9 Å². The quantitative estimate of drug-likeness (QED) is 0.694. The summed E-state index contributed by atoms with van der Waals surface area (Å²) in [7, 11) is 1.86. The number of carbonyl (C=O) groups excluding carboxylic acids is 1. The lowest BCUT2D eigenvalue weighted by molar-refractivity contribution is 0.0942. The number of nitrogens with zero attached hydrogens (tertiary/aromatic N) is 1. The predicted octanol–water partition coefficient (Wildman–Crippen LogP) is 2.35. The van der Waals surface area contributed by atoms with Crippen molar-refractivity contribution in [3.63, 3.8) is 0 Å². The normalized spacial score (nSPS) is 10.7. The third-order valence-electron chi connectivity index (χ3n) is 2.19. The maximum Gasteiger partial charge on any atom is 0.179 e. The van der Waals surface area contributed by atoms with Crippen LogP contribution < -0.4 is 0 Å². The van der Waals surface area contributed by atoms with Crippen LogP contribution in [0.1, 0.15) is 23.7 Å². The minimum absolute atomic E-state index is 0.163. The first-order valence-electron chi connectivity index (χ1n) is 5.11. The van der Waals surface area contributed by atoms with Gasteiger partial charge in [0.05, 0.1) is 12.1 Å². The van der Waals surface area contributed by atoms with Crippen molar-refractivity contribution in [3.05, 3.63) is 35.6 Å². The number of hydrogen-bond donors (Lipinski definition) is 0. The Morgan fingerprint density at radius 2 is 2.07 bits per heavy atom. The Morgan fingerprint density at radius 1 is 1.40 bits per heavy atom. The minimum atomic E-state index is -0.438. The molecule has 0 aliphatic rings. The number of hydrogen-bond acceptors (Lipinski definition) is 2. The summed E-state index contributed by atoms with van der Waals surface area (Å²) < 4.78 is 13.2. The summed E-state index contributed by atoms with van der Waals surface area (Å²) in [6.45, 7) is 3.17. The molecule has 0 saturated carbocycles. The number of benzene rings is 1. The fraction of sp³-hybridized carbons (Fsp3) is 0.417. The summed E-state index contributed by atoms with van der Waals surface area (Å²) in [5.74, 6) is -0.601. The highest BCUT2D eigenvalue weighted by molar-refractivity contribution is 5.97. The number of halogens is 1. The monoisotopic (exact) mass is 209 g/mol. The molecule has 0 N–H and O–H groups in total. The topological polar surface area (TPSA) is 20.3 Å². The first kappa shape index (κ1) is 11.9. The third kappa shape index (κ3) is 3.44. The zero-order valence-corrected chi connectivity index (χ0v) is 9.16. The van der Waals surface area contributed by atoms with E-state index >= 15 is 0 Å². The van der Waals surface area contributed by atoms with Crippen molar-refractivity contribution in [2.75, 3.05) is 20.1 Å². The van der Waals surface area contributed by atoms with E-state index in [1.54, 1.807) is 12.1 Å². The minimum Gasteiger partial charge on any atom is -0.299 e. The van der Waals surface area contributed by atoms with Crippen LogP contribution in [0.2, 0.25) is 0 Å². The average Bonchev–Trinajstić information content (AvgIpc) is 2.18. The number of carbonyl (C=O) groups is 1. The van der Waals surface area contributed by atoms with Crippen LogP contribution in [0.5, 0.6) is 0 Å². The van der Waals surface area contributed by atoms with Gasteiger partial charge in [0.15, 0.2) is 5.78 Å². The van der Waals surface area contributed by atoms with Crippen LogP contribution in [-0.2, 0) is 0 Å². The van der Waals surface area contributed by atoms with Gasteiger partial charge < -0.3 is 0 Å². The second-order valence-corrected chi connectivity index (χ2v) is 3.64. The molecule has 0 saturated heterocycles. The van der Waals surface area contributed by atoms with Gasteiger partial charge in [0, 0.05) is 0 Å². The molecule has 3 heteroatoms. The van der Waals surface area contributed by atoms with Gasteiger partial charge in [-0.15, -0.1) is 0 Å². The van der Waals surface area contributed by atoms with Crippen LogP contribution in [0.25, 0.3) is 0 Å². The Kier molecular flexibility index (Phi) is 4.43. The fourth-order valence-electron chi connectivity index (χ4n) is 1.48. The molecule has 0 spiro atoms. The molecule has 15 heavy (non-hydrogen) atoms. The molecule has 0 radical (unpaired) electrons. The van der Waals surface area contributed by atoms with Gasteiger partial charge in [-0.2, -0.15) is 0 Å². The third-order valence-corrected chi connectivity index (χ3v) is 2.19. The molecule has 0 atom stereocenters. The second kappa shape index (κ2) is 5.61. The van der Waals surface area contributed by atoms with E-state index in [0.29, 0.717) is 0 Å². The van der Waals surface area contributed by atoms with Gasteiger partial charge >= 0.3 is 0 Å². The Bertz CT molecular complexity index is 338. The Hall–Kier alpha value is -1.22. The van der Waals surface area contributed by atoms with E-state index in [2.05, 4.69) is 0 Å². The van der Waals surface area contributed by atoms with Crippen LogP contribution >= 0.6 is 0 Å². The van der Waals surface area contributed by atoms with E-state index in [9.17, 15) is 9.18 Å². The molecule has 0 bridgehead atoms. The molecule has 1 aromatic rings. The predicted molar refractivity (Wildman–Crippen MR) is 58.5 cm³/mol. The summed E-state index contributed by atoms with van der Waals surface area (Å²) >= 11 is 0. The average molecular weight is 209 g/mol. The van der Waals surface area contributed by atoms with Crippen molar-refractivity contribution in [1.82, 2.24) is 4.90 Å². The van der Waals surface area contributed by atoms with Gasteiger partial charge in [-0.05, 0) is 32.1 Å².